The van der Waals surface area contributed by atoms with Crippen LogP contribution in [0.15, 0.2) is 45.9 Å². The maximum absolute atomic E-state index is 8.77. The lowest BCUT2D eigenvalue weighted by molar-refractivity contribution is 0.425. The van der Waals surface area contributed by atoms with E-state index in [1.807, 2.05) is 30.3 Å². The largest absolute Gasteiger partial charge is 0.352 e. The highest BCUT2D eigenvalue weighted by Crippen LogP contribution is 2.25. The van der Waals surface area contributed by atoms with Crippen molar-refractivity contribution in [3.8, 4) is 17.5 Å². The van der Waals surface area contributed by atoms with Crippen LogP contribution in [0.25, 0.3) is 11.5 Å². The molecule has 0 bridgehead atoms. The average Bonchev–Trinajstić information content (AvgIpc) is 3.14. The van der Waals surface area contributed by atoms with Crippen LogP contribution < -0.4 is 0 Å². The van der Waals surface area contributed by atoms with Crippen LogP contribution in [0.5, 0.6) is 0 Å². The van der Waals surface area contributed by atoms with Gasteiger partial charge in [0.1, 0.15) is 11.8 Å². The summed E-state index contributed by atoms with van der Waals surface area (Å²) in [5.41, 5.74) is 1.16. The summed E-state index contributed by atoms with van der Waals surface area (Å²) in [5, 5.41) is 13.4. The Kier molecular flexibility index (Phi) is 3.95. The first-order chi connectivity index (χ1) is 10.2. The molecule has 0 radical (unpaired) electrons. The molecule has 2 aromatic heterocycles. The zero-order chi connectivity index (χ0) is 14.7. The molecule has 0 fully saturated rings. The molecular formula is C14H9ClN4OS. The van der Waals surface area contributed by atoms with E-state index in [4.69, 9.17) is 21.4 Å². The number of hydrogen-bond donors (Lipinski definition) is 1. The summed E-state index contributed by atoms with van der Waals surface area (Å²) in [4.78, 5) is 8.17. The van der Waals surface area contributed by atoms with Gasteiger partial charge < -0.3 is 9.51 Å². The Morgan fingerprint density at radius 3 is 3.05 bits per heavy atom. The van der Waals surface area contributed by atoms with Gasteiger partial charge in [-0.05, 0) is 24.3 Å². The lowest BCUT2D eigenvalue weighted by Gasteiger charge is -1.98. The number of nitrogens with one attached hydrogen (secondary N) is 1. The minimum absolute atomic E-state index is 0.398. The van der Waals surface area contributed by atoms with Gasteiger partial charge in [0.15, 0.2) is 5.82 Å². The number of nitrogens with zero attached hydrogens (tertiary/aromatic N) is 3. The fourth-order valence-corrected chi connectivity index (χ4v) is 2.77. The number of halogens is 1. The Morgan fingerprint density at radius 1 is 1.38 bits per heavy atom. The van der Waals surface area contributed by atoms with Crippen molar-refractivity contribution in [1.29, 1.82) is 5.26 Å². The van der Waals surface area contributed by atoms with Crippen molar-refractivity contribution in [3.05, 3.63) is 53.1 Å². The van der Waals surface area contributed by atoms with Crippen molar-refractivity contribution >= 4 is 23.4 Å². The van der Waals surface area contributed by atoms with Gasteiger partial charge in [0.2, 0.25) is 0 Å². The molecule has 3 rings (SSSR count). The van der Waals surface area contributed by atoms with Crippen molar-refractivity contribution in [2.75, 3.05) is 0 Å². The third-order valence-electron chi connectivity index (χ3n) is 2.68. The molecule has 0 aliphatic heterocycles. The van der Waals surface area contributed by atoms with Crippen molar-refractivity contribution in [2.24, 2.45) is 0 Å². The molecule has 1 N–H and O–H groups in total. The second kappa shape index (κ2) is 6.04. The first-order valence-electron chi connectivity index (χ1n) is 6.04. The maximum Gasteiger partial charge on any atom is 0.259 e. The number of rotatable bonds is 4. The van der Waals surface area contributed by atoms with E-state index in [0.717, 1.165) is 4.90 Å². The maximum atomic E-state index is 8.77. The predicted molar refractivity (Wildman–Crippen MR) is 79.8 cm³/mol. The highest BCUT2D eigenvalue weighted by atomic mass is 35.5. The quantitative estimate of drug-likeness (QED) is 0.739. The van der Waals surface area contributed by atoms with Crippen molar-refractivity contribution < 1.29 is 4.52 Å². The molecule has 0 spiro atoms. The average molecular weight is 317 g/mol. The molecule has 0 amide bonds. The van der Waals surface area contributed by atoms with Gasteiger partial charge >= 0.3 is 0 Å². The molecule has 0 atom stereocenters. The number of nitriles is 1. The number of aromatic nitrogens is 3. The second-order valence-electron chi connectivity index (χ2n) is 4.18. The first kappa shape index (κ1) is 13.7. The molecule has 0 unspecified atom stereocenters. The normalized spacial score (nSPS) is 10.5. The van der Waals surface area contributed by atoms with E-state index in [9.17, 15) is 0 Å². The van der Waals surface area contributed by atoms with Crippen LogP contribution in [0.2, 0.25) is 5.02 Å². The SMILES string of the molecule is N#Cc1cc(-c2nc(CSc3cccc(Cl)c3)no2)c[nH]1. The molecular weight excluding hydrogens is 308 g/mol. The fourth-order valence-electron chi connectivity index (χ4n) is 1.72. The topological polar surface area (TPSA) is 78.5 Å². The minimum Gasteiger partial charge on any atom is -0.352 e. The lowest BCUT2D eigenvalue weighted by atomic mass is 10.3. The summed E-state index contributed by atoms with van der Waals surface area (Å²) < 4.78 is 5.19. The number of aromatic amines is 1. The van der Waals surface area contributed by atoms with E-state index in [2.05, 4.69) is 15.1 Å². The zero-order valence-electron chi connectivity index (χ0n) is 10.7. The van der Waals surface area contributed by atoms with Gasteiger partial charge in [0, 0.05) is 16.1 Å². The molecule has 21 heavy (non-hydrogen) atoms. The predicted octanol–water partition coefficient (Wildman–Crippen LogP) is 3.88. The lowest BCUT2D eigenvalue weighted by Crippen LogP contribution is -1.83. The number of thioether (sulfide) groups is 1. The van der Waals surface area contributed by atoms with Crippen molar-refractivity contribution in [2.45, 2.75) is 10.6 Å². The van der Waals surface area contributed by atoms with E-state index in [0.29, 0.717) is 33.7 Å². The number of benzene rings is 1. The Labute approximate surface area is 129 Å². The van der Waals surface area contributed by atoms with Crippen LogP contribution in [0.3, 0.4) is 0 Å². The zero-order valence-corrected chi connectivity index (χ0v) is 12.3. The Balaban J connectivity index is 1.69. The Morgan fingerprint density at radius 2 is 2.29 bits per heavy atom. The van der Waals surface area contributed by atoms with Crippen LogP contribution in [0.1, 0.15) is 11.5 Å². The van der Waals surface area contributed by atoms with Crippen LogP contribution >= 0.6 is 23.4 Å². The standard InChI is InChI=1S/C14H9ClN4OS/c15-10-2-1-3-12(5-10)21-8-13-18-14(20-19-13)9-4-11(6-16)17-7-9/h1-5,7,17H,8H2. The monoisotopic (exact) mass is 316 g/mol. The summed E-state index contributed by atoms with van der Waals surface area (Å²) in [6, 6.07) is 11.3. The third kappa shape index (κ3) is 3.27. The van der Waals surface area contributed by atoms with Gasteiger partial charge in [-0.3, -0.25) is 0 Å². The summed E-state index contributed by atoms with van der Waals surface area (Å²) in [6.45, 7) is 0. The third-order valence-corrected chi connectivity index (χ3v) is 3.91. The molecule has 1 aromatic carbocycles. The summed E-state index contributed by atoms with van der Waals surface area (Å²) in [7, 11) is 0. The fraction of sp³-hybridized carbons (Fsp3) is 0.0714. The van der Waals surface area contributed by atoms with E-state index in [-0.39, 0.29) is 0 Å². The second-order valence-corrected chi connectivity index (χ2v) is 5.66. The smallest absolute Gasteiger partial charge is 0.259 e. The van der Waals surface area contributed by atoms with Gasteiger partial charge in [0.05, 0.1) is 11.3 Å². The summed E-state index contributed by atoms with van der Waals surface area (Å²) >= 11 is 7.51. The van der Waals surface area contributed by atoms with E-state index >= 15 is 0 Å². The first-order valence-corrected chi connectivity index (χ1v) is 7.41. The van der Waals surface area contributed by atoms with Crippen LogP contribution in [0, 0.1) is 11.3 Å². The molecule has 104 valence electrons. The van der Waals surface area contributed by atoms with Gasteiger partial charge in [-0.25, -0.2) is 0 Å². The number of H-pyrrole nitrogens is 1. The molecule has 0 aliphatic rings. The Hall–Kier alpha value is -2.23. The molecule has 0 saturated carbocycles. The molecule has 0 saturated heterocycles. The highest BCUT2D eigenvalue weighted by molar-refractivity contribution is 7.98. The molecule has 5 nitrogen and oxygen atoms in total. The summed E-state index contributed by atoms with van der Waals surface area (Å²) in [6.07, 6.45) is 1.67. The Bertz CT molecular complexity index is 805. The van der Waals surface area contributed by atoms with Gasteiger partial charge in [0.25, 0.3) is 5.89 Å². The minimum atomic E-state index is 0.398. The van der Waals surface area contributed by atoms with Gasteiger partial charge in [-0.1, -0.05) is 22.8 Å². The van der Waals surface area contributed by atoms with Crippen LogP contribution in [-0.4, -0.2) is 15.1 Å². The highest BCUT2D eigenvalue weighted by Gasteiger charge is 2.11. The molecule has 2 heterocycles. The molecule has 3 aromatic rings. The van der Waals surface area contributed by atoms with Crippen LogP contribution in [-0.2, 0) is 5.75 Å². The van der Waals surface area contributed by atoms with Gasteiger partial charge in [-0.15, -0.1) is 11.8 Å². The van der Waals surface area contributed by atoms with E-state index in [1.54, 1.807) is 24.0 Å². The van der Waals surface area contributed by atoms with Crippen molar-refractivity contribution in [3.63, 3.8) is 0 Å². The molecule has 7 heteroatoms. The van der Waals surface area contributed by atoms with Crippen LogP contribution in [0.4, 0.5) is 0 Å². The number of hydrogen-bond acceptors (Lipinski definition) is 5. The van der Waals surface area contributed by atoms with E-state index < -0.39 is 0 Å². The van der Waals surface area contributed by atoms with E-state index in [1.165, 1.54) is 0 Å². The van der Waals surface area contributed by atoms with Crippen molar-refractivity contribution in [1.82, 2.24) is 15.1 Å². The van der Waals surface area contributed by atoms with Gasteiger partial charge in [-0.2, -0.15) is 10.2 Å². The molecule has 0 aliphatic carbocycles. The summed E-state index contributed by atoms with van der Waals surface area (Å²) in [5.74, 6) is 1.57.